The maximum Gasteiger partial charge on any atom is 0.199 e. The van der Waals surface area contributed by atoms with E-state index in [0.29, 0.717) is 0 Å². The predicted octanol–water partition coefficient (Wildman–Crippen LogP) is 4.49. The number of nitrogens with zero attached hydrogens (tertiary/aromatic N) is 1. The van der Waals surface area contributed by atoms with Crippen molar-refractivity contribution < 1.29 is 4.58 Å². The van der Waals surface area contributed by atoms with Crippen molar-refractivity contribution in [2.45, 2.75) is 9.79 Å². The summed E-state index contributed by atoms with van der Waals surface area (Å²) < 4.78 is 3.45. The largest absolute Gasteiger partial charge is 0.235 e. The van der Waals surface area contributed by atoms with Gasteiger partial charge in [0.05, 0.1) is 0 Å². The molecule has 0 radical (unpaired) electrons. The summed E-state index contributed by atoms with van der Waals surface area (Å²) >= 11 is 3.70. The first-order valence-electron chi connectivity index (χ1n) is 6.49. The maximum absolute atomic E-state index is 2.21. The second-order valence-corrected chi connectivity index (χ2v) is 7.22. The van der Waals surface area contributed by atoms with Crippen molar-refractivity contribution in [2.75, 3.05) is 14.1 Å². The van der Waals surface area contributed by atoms with Gasteiger partial charge in [-0.3, -0.25) is 0 Å². The predicted molar refractivity (Wildman–Crippen MR) is 89.7 cm³/mol. The Morgan fingerprint density at radius 3 is 2.00 bits per heavy atom. The van der Waals surface area contributed by atoms with Crippen LogP contribution >= 0.6 is 23.5 Å². The highest BCUT2D eigenvalue weighted by Crippen LogP contribution is 2.50. The summed E-state index contributed by atoms with van der Waals surface area (Å²) in [6.07, 6.45) is 13.0. The maximum atomic E-state index is 2.21. The van der Waals surface area contributed by atoms with Crippen LogP contribution in [0.4, 0.5) is 0 Å². The third-order valence-corrected chi connectivity index (χ3v) is 5.55. The summed E-state index contributed by atoms with van der Waals surface area (Å²) in [5.74, 6) is 0. The third kappa shape index (κ3) is 3.00. The Morgan fingerprint density at radius 1 is 0.850 bits per heavy atom. The van der Waals surface area contributed by atoms with Gasteiger partial charge in [-0.05, 0) is 35.9 Å². The molecule has 20 heavy (non-hydrogen) atoms. The van der Waals surface area contributed by atoms with E-state index in [4.69, 9.17) is 0 Å². The topological polar surface area (TPSA) is 3.01 Å². The number of fused-ring (bicyclic) bond motifs is 1. The van der Waals surface area contributed by atoms with Gasteiger partial charge in [0.1, 0.15) is 14.1 Å². The van der Waals surface area contributed by atoms with Gasteiger partial charge in [-0.15, -0.1) is 0 Å². The lowest BCUT2D eigenvalue weighted by Gasteiger charge is -2.00. The van der Waals surface area contributed by atoms with E-state index in [0.717, 1.165) is 0 Å². The van der Waals surface area contributed by atoms with Crippen LogP contribution in [0.15, 0.2) is 80.3 Å². The highest BCUT2D eigenvalue weighted by molar-refractivity contribution is 8.24. The lowest BCUT2D eigenvalue weighted by atomic mass is 10.1. The molecule has 2 aliphatic rings. The van der Waals surface area contributed by atoms with Crippen LogP contribution in [0.2, 0.25) is 0 Å². The fourth-order valence-corrected chi connectivity index (χ4v) is 4.26. The van der Waals surface area contributed by atoms with Gasteiger partial charge in [-0.25, -0.2) is 4.58 Å². The summed E-state index contributed by atoms with van der Waals surface area (Å²) in [6, 6.07) is 8.55. The van der Waals surface area contributed by atoms with Gasteiger partial charge in [0.15, 0.2) is 5.71 Å². The molecule has 0 spiro atoms. The van der Waals surface area contributed by atoms with Crippen molar-refractivity contribution >= 4 is 29.2 Å². The second-order valence-electron chi connectivity index (χ2n) is 4.79. The molecule has 100 valence electrons. The van der Waals surface area contributed by atoms with Gasteiger partial charge in [0.2, 0.25) is 0 Å². The normalized spacial score (nSPS) is 16.4. The average Bonchev–Trinajstić information content (AvgIpc) is 2.88. The molecule has 0 unspecified atom stereocenters. The van der Waals surface area contributed by atoms with Gasteiger partial charge >= 0.3 is 0 Å². The molecule has 0 amide bonds. The monoisotopic (exact) mass is 298 g/mol. The fourth-order valence-electron chi connectivity index (χ4n) is 1.97. The second kappa shape index (κ2) is 5.90. The van der Waals surface area contributed by atoms with E-state index in [1.54, 1.807) is 0 Å². The molecule has 0 atom stereocenters. The van der Waals surface area contributed by atoms with Crippen molar-refractivity contribution in [3.05, 3.63) is 70.5 Å². The smallest absolute Gasteiger partial charge is 0.199 e. The van der Waals surface area contributed by atoms with Gasteiger partial charge in [0, 0.05) is 26.2 Å². The molecule has 0 saturated carbocycles. The lowest BCUT2D eigenvalue weighted by Crippen LogP contribution is -2.09. The van der Waals surface area contributed by atoms with E-state index in [-0.39, 0.29) is 0 Å². The van der Waals surface area contributed by atoms with Crippen molar-refractivity contribution in [2.24, 2.45) is 0 Å². The first-order chi connectivity index (χ1) is 9.72. The van der Waals surface area contributed by atoms with Crippen LogP contribution in [0, 0.1) is 0 Å². The van der Waals surface area contributed by atoms with Gasteiger partial charge in [-0.2, -0.15) is 0 Å². The zero-order valence-corrected chi connectivity index (χ0v) is 13.2. The summed E-state index contributed by atoms with van der Waals surface area (Å²) in [4.78, 5) is 2.72. The minimum absolute atomic E-state index is 1.23. The molecule has 1 aromatic carbocycles. The molecule has 1 heterocycles. The quantitative estimate of drug-likeness (QED) is 0.703. The van der Waals surface area contributed by atoms with E-state index < -0.39 is 0 Å². The Morgan fingerprint density at radius 2 is 1.45 bits per heavy atom. The molecular formula is C17H16NS2+. The first-order valence-corrected chi connectivity index (χ1v) is 8.13. The standard InChI is InChI=1S/C17H16NS2/c1-18(2)14-10-7-13(8-11-14)9-12-17-19-15-5-3-4-6-16(15)20-17/h3-12H,1-2H3/q+1. The van der Waals surface area contributed by atoms with Crippen LogP contribution in [0.25, 0.3) is 0 Å². The molecule has 0 aromatic heterocycles. The Balaban J connectivity index is 1.74. The summed E-state index contributed by atoms with van der Waals surface area (Å²) in [5, 5.41) is 0. The number of rotatable bonds is 1. The molecule has 0 bridgehead atoms. The van der Waals surface area contributed by atoms with Gasteiger partial charge in [0.25, 0.3) is 0 Å². The Kier molecular flexibility index (Phi) is 3.99. The zero-order chi connectivity index (χ0) is 13.9. The number of allylic oxidation sites excluding steroid dienone is 7. The van der Waals surface area contributed by atoms with Crippen LogP contribution in [-0.2, 0) is 0 Å². The van der Waals surface area contributed by atoms with Crippen LogP contribution in [-0.4, -0.2) is 24.4 Å². The van der Waals surface area contributed by atoms with E-state index in [2.05, 4.69) is 79.4 Å². The summed E-state index contributed by atoms with van der Waals surface area (Å²) in [5.41, 5.74) is 2.46. The Labute approximate surface area is 128 Å². The van der Waals surface area contributed by atoms with Gasteiger partial charge < -0.3 is 0 Å². The van der Waals surface area contributed by atoms with Crippen molar-refractivity contribution in [3.8, 4) is 0 Å². The van der Waals surface area contributed by atoms with E-state index in [9.17, 15) is 0 Å². The molecule has 1 aromatic rings. The van der Waals surface area contributed by atoms with Crippen LogP contribution in [0.3, 0.4) is 0 Å². The van der Waals surface area contributed by atoms with E-state index in [1.807, 2.05) is 23.5 Å². The van der Waals surface area contributed by atoms with Crippen molar-refractivity contribution in [1.82, 2.24) is 0 Å². The number of hydrogen-bond donors (Lipinski definition) is 0. The van der Waals surface area contributed by atoms with Crippen LogP contribution < -0.4 is 0 Å². The fraction of sp³-hybridized carbons (Fsp3) is 0.118. The minimum Gasteiger partial charge on any atom is -0.235 e. The highest BCUT2D eigenvalue weighted by Gasteiger charge is 2.15. The third-order valence-electron chi connectivity index (χ3n) is 3.09. The Bertz CT molecular complexity index is 642. The SMILES string of the molecule is C[N+](C)=C1C=CC(=CC=C2Sc3ccccc3S2)C=C1. The number of benzene rings is 1. The summed E-state index contributed by atoms with van der Waals surface area (Å²) in [7, 11) is 4.12. The van der Waals surface area contributed by atoms with Crippen molar-refractivity contribution in [1.29, 1.82) is 0 Å². The lowest BCUT2D eigenvalue weighted by molar-refractivity contribution is -0.462. The summed E-state index contributed by atoms with van der Waals surface area (Å²) in [6.45, 7) is 0. The Hall–Kier alpha value is -1.45. The molecule has 1 aliphatic carbocycles. The molecule has 3 heteroatoms. The molecular weight excluding hydrogens is 282 g/mol. The molecule has 1 aliphatic heterocycles. The average molecular weight is 298 g/mol. The van der Waals surface area contributed by atoms with Crippen molar-refractivity contribution in [3.63, 3.8) is 0 Å². The molecule has 0 saturated heterocycles. The highest BCUT2D eigenvalue weighted by atomic mass is 32.2. The molecule has 0 fully saturated rings. The number of hydrogen-bond acceptors (Lipinski definition) is 2. The van der Waals surface area contributed by atoms with E-state index in [1.165, 1.54) is 25.3 Å². The molecule has 1 nitrogen and oxygen atoms in total. The van der Waals surface area contributed by atoms with E-state index >= 15 is 0 Å². The zero-order valence-electron chi connectivity index (χ0n) is 11.5. The first kappa shape index (κ1) is 13.5. The minimum atomic E-state index is 1.23. The number of thioether (sulfide) groups is 2. The molecule has 3 rings (SSSR count). The van der Waals surface area contributed by atoms with Crippen LogP contribution in [0.5, 0.6) is 0 Å². The van der Waals surface area contributed by atoms with Crippen LogP contribution in [0.1, 0.15) is 0 Å². The van der Waals surface area contributed by atoms with Gasteiger partial charge in [-0.1, -0.05) is 41.7 Å². The molecule has 0 N–H and O–H groups in total.